The van der Waals surface area contributed by atoms with Gasteiger partial charge >= 0.3 is 0 Å². The highest BCUT2D eigenvalue weighted by molar-refractivity contribution is 5.61. The van der Waals surface area contributed by atoms with E-state index in [1.165, 1.54) is 0 Å². The van der Waals surface area contributed by atoms with Crippen LogP contribution in [0.5, 0.6) is 0 Å². The lowest BCUT2D eigenvalue weighted by Gasteiger charge is -2.16. The van der Waals surface area contributed by atoms with Crippen LogP contribution in [0.3, 0.4) is 0 Å². The minimum atomic E-state index is 0.233. The largest absolute Gasteiger partial charge is 0.384 e. The number of nitrogen functional groups attached to an aromatic ring is 1. The van der Waals surface area contributed by atoms with Crippen LogP contribution in [0.15, 0.2) is 30.9 Å². The van der Waals surface area contributed by atoms with Crippen molar-refractivity contribution in [2.75, 3.05) is 18.9 Å². The highest BCUT2D eigenvalue weighted by Crippen LogP contribution is 2.23. The zero-order chi connectivity index (χ0) is 13.0. The predicted molar refractivity (Wildman–Crippen MR) is 71.1 cm³/mol. The van der Waals surface area contributed by atoms with E-state index in [0.717, 1.165) is 17.9 Å². The summed E-state index contributed by atoms with van der Waals surface area (Å²) in [5.41, 5.74) is 7.75. The molecule has 0 aliphatic carbocycles. The molecule has 2 aromatic rings. The first kappa shape index (κ1) is 12.6. The summed E-state index contributed by atoms with van der Waals surface area (Å²) >= 11 is 0. The lowest BCUT2D eigenvalue weighted by molar-refractivity contribution is 0.119. The van der Waals surface area contributed by atoms with Crippen molar-refractivity contribution < 1.29 is 4.74 Å². The summed E-state index contributed by atoms with van der Waals surface area (Å²) in [6, 6.07) is 4.01. The number of nitrogens with two attached hydrogens (primary N) is 1. The van der Waals surface area contributed by atoms with E-state index in [-0.39, 0.29) is 6.04 Å². The van der Waals surface area contributed by atoms with Crippen LogP contribution in [-0.2, 0) is 4.74 Å². The molecular formula is C13H18N4O. The lowest BCUT2D eigenvalue weighted by atomic mass is 10.2. The number of nitrogens with zero attached hydrogens (tertiary/aromatic N) is 3. The monoisotopic (exact) mass is 246 g/mol. The molecule has 0 fully saturated rings. The zero-order valence-electron chi connectivity index (χ0n) is 10.7. The van der Waals surface area contributed by atoms with Gasteiger partial charge in [0.1, 0.15) is 5.82 Å². The molecule has 2 aromatic heterocycles. The number of hydrogen-bond acceptors (Lipinski definition) is 4. The molecule has 1 atom stereocenters. The number of aromatic nitrogens is 3. The van der Waals surface area contributed by atoms with Crippen LogP contribution in [0.25, 0.3) is 11.3 Å². The van der Waals surface area contributed by atoms with Gasteiger partial charge in [0.25, 0.3) is 0 Å². The van der Waals surface area contributed by atoms with Crippen LogP contribution in [0.4, 0.5) is 5.82 Å². The number of pyridine rings is 1. The quantitative estimate of drug-likeness (QED) is 0.877. The average Bonchev–Trinajstić information content (AvgIpc) is 2.85. The van der Waals surface area contributed by atoms with E-state index in [9.17, 15) is 0 Å². The Morgan fingerprint density at radius 3 is 3.06 bits per heavy atom. The predicted octanol–water partition coefficient (Wildman–Crippen LogP) is 2.12. The second kappa shape index (κ2) is 5.64. The fourth-order valence-corrected chi connectivity index (χ4v) is 1.86. The third-order valence-electron chi connectivity index (χ3n) is 2.78. The molecular weight excluding hydrogens is 228 g/mol. The maximum absolute atomic E-state index is 5.71. The van der Waals surface area contributed by atoms with Gasteiger partial charge in [-0.3, -0.25) is 0 Å². The third kappa shape index (κ3) is 2.68. The highest BCUT2D eigenvalue weighted by Gasteiger charge is 2.11. The molecule has 96 valence electrons. The molecule has 18 heavy (non-hydrogen) atoms. The van der Waals surface area contributed by atoms with Crippen molar-refractivity contribution in [3.8, 4) is 11.3 Å². The van der Waals surface area contributed by atoms with Gasteiger partial charge < -0.3 is 15.0 Å². The van der Waals surface area contributed by atoms with E-state index in [2.05, 4.69) is 21.5 Å². The summed E-state index contributed by atoms with van der Waals surface area (Å²) < 4.78 is 7.54. The fourth-order valence-electron chi connectivity index (χ4n) is 1.86. The van der Waals surface area contributed by atoms with Crippen molar-refractivity contribution in [2.45, 2.75) is 19.9 Å². The van der Waals surface area contributed by atoms with Crippen molar-refractivity contribution in [2.24, 2.45) is 0 Å². The average molecular weight is 246 g/mol. The summed E-state index contributed by atoms with van der Waals surface area (Å²) in [5.74, 6) is 0.512. The van der Waals surface area contributed by atoms with E-state index in [1.54, 1.807) is 6.20 Å². The Hall–Kier alpha value is -1.88. The van der Waals surface area contributed by atoms with Gasteiger partial charge in [-0.25, -0.2) is 9.97 Å². The van der Waals surface area contributed by atoms with Gasteiger partial charge in [0.05, 0.1) is 30.9 Å². The highest BCUT2D eigenvalue weighted by atomic mass is 16.5. The topological polar surface area (TPSA) is 66.0 Å². The molecule has 5 nitrogen and oxygen atoms in total. The Bertz CT molecular complexity index is 509. The molecule has 2 N–H and O–H groups in total. The van der Waals surface area contributed by atoms with Gasteiger partial charge in [0.2, 0.25) is 0 Å². The Labute approximate surface area is 107 Å². The van der Waals surface area contributed by atoms with E-state index >= 15 is 0 Å². The second-order valence-corrected chi connectivity index (χ2v) is 4.16. The number of rotatable bonds is 5. The minimum absolute atomic E-state index is 0.233. The second-order valence-electron chi connectivity index (χ2n) is 4.16. The van der Waals surface area contributed by atoms with E-state index in [0.29, 0.717) is 12.4 Å². The first-order valence-corrected chi connectivity index (χ1v) is 6.03. The molecule has 1 unspecified atom stereocenters. The van der Waals surface area contributed by atoms with Gasteiger partial charge in [0.15, 0.2) is 0 Å². The van der Waals surface area contributed by atoms with Crippen molar-refractivity contribution in [3.63, 3.8) is 0 Å². The summed E-state index contributed by atoms with van der Waals surface area (Å²) in [5, 5.41) is 0. The smallest absolute Gasteiger partial charge is 0.123 e. The van der Waals surface area contributed by atoms with Crippen molar-refractivity contribution >= 4 is 5.82 Å². The summed E-state index contributed by atoms with van der Waals surface area (Å²) in [7, 11) is 0. The normalized spacial score (nSPS) is 12.6. The van der Waals surface area contributed by atoms with Crippen LogP contribution in [0.1, 0.15) is 19.9 Å². The van der Waals surface area contributed by atoms with Crippen LogP contribution >= 0.6 is 0 Å². The van der Waals surface area contributed by atoms with Crippen LogP contribution in [0, 0.1) is 0 Å². The Morgan fingerprint density at radius 1 is 1.50 bits per heavy atom. The molecule has 0 spiro atoms. The molecule has 2 rings (SSSR count). The molecule has 0 bridgehead atoms. The molecule has 0 aliphatic heterocycles. The molecule has 0 saturated heterocycles. The molecule has 0 aromatic carbocycles. The van der Waals surface area contributed by atoms with Crippen LogP contribution < -0.4 is 5.73 Å². The Balaban J connectivity index is 2.27. The van der Waals surface area contributed by atoms with Crippen LogP contribution in [0.2, 0.25) is 0 Å². The van der Waals surface area contributed by atoms with Gasteiger partial charge in [-0.2, -0.15) is 0 Å². The maximum atomic E-state index is 5.71. The molecule has 2 heterocycles. The van der Waals surface area contributed by atoms with E-state index < -0.39 is 0 Å². The lowest BCUT2D eigenvalue weighted by Crippen LogP contribution is -2.12. The van der Waals surface area contributed by atoms with Gasteiger partial charge in [-0.1, -0.05) is 0 Å². The number of anilines is 1. The van der Waals surface area contributed by atoms with Crippen molar-refractivity contribution in [1.29, 1.82) is 0 Å². The Morgan fingerprint density at radius 2 is 2.33 bits per heavy atom. The molecule has 0 radical (unpaired) electrons. The summed E-state index contributed by atoms with van der Waals surface area (Å²) in [6.45, 7) is 5.48. The first-order chi connectivity index (χ1) is 8.72. The molecule has 0 saturated carbocycles. The zero-order valence-corrected chi connectivity index (χ0v) is 10.7. The molecule has 5 heteroatoms. The number of hydrogen-bond donors (Lipinski definition) is 1. The number of imidazole rings is 1. The van der Waals surface area contributed by atoms with Crippen molar-refractivity contribution in [3.05, 3.63) is 30.9 Å². The molecule has 0 amide bonds. The fraction of sp³-hybridized carbons (Fsp3) is 0.385. The van der Waals surface area contributed by atoms with Gasteiger partial charge in [0, 0.05) is 18.4 Å². The minimum Gasteiger partial charge on any atom is -0.384 e. The van der Waals surface area contributed by atoms with Crippen molar-refractivity contribution in [1.82, 2.24) is 14.5 Å². The molecule has 0 aliphatic rings. The van der Waals surface area contributed by atoms with E-state index in [4.69, 9.17) is 10.5 Å². The van der Waals surface area contributed by atoms with Crippen LogP contribution in [-0.4, -0.2) is 27.7 Å². The maximum Gasteiger partial charge on any atom is 0.123 e. The Kier molecular flexibility index (Phi) is 3.94. The number of ether oxygens (including phenoxy) is 1. The summed E-state index contributed by atoms with van der Waals surface area (Å²) in [6.07, 6.45) is 5.35. The third-order valence-corrected chi connectivity index (χ3v) is 2.78. The SMILES string of the molecule is CCOCC(C)n1cncc1-c1ccnc(N)c1. The first-order valence-electron chi connectivity index (χ1n) is 6.03. The summed E-state index contributed by atoms with van der Waals surface area (Å²) in [4.78, 5) is 8.20. The van der Waals surface area contributed by atoms with E-state index in [1.807, 2.05) is 31.6 Å². The van der Waals surface area contributed by atoms with Gasteiger partial charge in [-0.05, 0) is 26.0 Å². The van der Waals surface area contributed by atoms with Gasteiger partial charge in [-0.15, -0.1) is 0 Å². The standard InChI is InChI=1S/C13H18N4O/c1-3-18-8-10(2)17-9-15-7-12(17)11-4-5-16-13(14)6-11/h4-7,9-10H,3,8H2,1-2H3,(H2,14,16).